The summed E-state index contributed by atoms with van der Waals surface area (Å²) in [4.78, 5) is 0. The van der Waals surface area contributed by atoms with Crippen LogP contribution < -0.4 is 20.1 Å². The molecule has 0 aromatic heterocycles. The third kappa shape index (κ3) is 6.78. The summed E-state index contributed by atoms with van der Waals surface area (Å²) >= 11 is 0. The number of methoxy groups -OCH3 is 2. The van der Waals surface area contributed by atoms with Crippen LogP contribution in [0.4, 0.5) is 0 Å². The molecule has 2 N–H and O–H groups in total. The van der Waals surface area contributed by atoms with E-state index in [0.29, 0.717) is 0 Å². The van der Waals surface area contributed by atoms with Crippen molar-refractivity contribution in [3.63, 3.8) is 0 Å². The first-order chi connectivity index (χ1) is 9.80. The van der Waals surface area contributed by atoms with Crippen molar-refractivity contribution in [3.05, 3.63) is 23.8 Å². The van der Waals surface area contributed by atoms with Gasteiger partial charge in [0.15, 0.2) is 0 Å². The lowest BCUT2D eigenvalue weighted by Gasteiger charge is -2.09. The van der Waals surface area contributed by atoms with E-state index in [2.05, 4.69) is 29.7 Å². The monoisotopic (exact) mass is 280 g/mol. The second kappa shape index (κ2) is 10.5. The largest absolute Gasteiger partial charge is 0.497 e. The number of nitrogens with one attached hydrogen (secondary N) is 2. The Morgan fingerprint density at radius 2 is 1.45 bits per heavy atom. The SMILES string of the molecule is CCCNCCNCCCc1cc(OC)cc(OC)c1. The first-order valence-electron chi connectivity index (χ1n) is 7.43. The standard InChI is InChI=1S/C16H28N2O2/c1-4-7-17-9-10-18-8-5-6-14-11-15(19-2)13-16(12-14)20-3/h11-13,17-18H,4-10H2,1-3H3. The van der Waals surface area contributed by atoms with Crippen molar-refractivity contribution in [1.29, 1.82) is 0 Å². The van der Waals surface area contributed by atoms with Gasteiger partial charge in [-0.3, -0.25) is 0 Å². The van der Waals surface area contributed by atoms with E-state index in [9.17, 15) is 0 Å². The predicted octanol–water partition coefficient (Wildman–Crippen LogP) is 2.23. The summed E-state index contributed by atoms with van der Waals surface area (Å²) in [6.45, 7) is 6.39. The zero-order chi connectivity index (χ0) is 14.6. The van der Waals surface area contributed by atoms with E-state index in [0.717, 1.165) is 50.5 Å². The first-order valence-corrected chi connectivity index (χ1v) is 7.43. The van der Waals surface area contributed by atoms with Crippen molar-refractivity contribution in [2.75, 3.05) is 40.4 Å². The van der Waals surface area contributed by atoms with Crippen molar-refractivity contribution in [3.8, 4) is 11.5 Å². The minimum atomic E-state index is 0.857. The van der Waals surface area contributed by atoms with Gasteiger partial charge in [0.25, 0.3) is 0 Å². The molecule has 0 spiro atoms. The van der Waals surface area contributed by atoms with Gasteiger partial charge >= 0.3 is 0 Å². The molecule has 0 saturated carbocycles. The fraction of sp³-hybridized carbons (Fsp3) is 0.625. The highest BCUT2D eigenvalue weighted by Gasteiger charge is 2.01. The van der Waals surface area contributed by atoms with Crippen LogP contribution in [-0.2, 0) is 6.42 Å². The van der Waals surface area contributed by atoms with Crippen LogP contribution >= 0.6 is 0 Å². The second-order valence-electron chi connectivity index (χ2n) is 4.82. The maximum absolute atomic E-state index is 5.28. The lowest BCUT2D eigenvalue weighted by atomic mass is 10.1. The van der Waals surface area contributed by atoms with Crippen molar-refractivity contribution in [1.82, 2.24) is 10.6 Å². The summed E-state index contributed by atoms with van der Waals surface area (Å²) in [5, 5.41) is 6.82. The number of ether oxygens (including phenoxy) is 2. The number of aryl methyl sites for hydroxylation is 1. The Morgan fingerprint density at radius 3 is 2.00 bits per heavy atom. The van der Waals surface area contributed by atoms with Gasteiger partial charge in [0.05, 0.1) is 14.2 Å². The molecule has 0 aliphatic heterocycles. The maximum Gasteiger partial charge on any atom is 0.122 e. The quantitative estimate of drug-likeness (QED) is 0.610. The number of rotatable bonds is 11. The Hall–Kier alpha value is -1.26. The van der Waals surface area contributed by atoms with Gasteiger partial charge < -0.3 is 20.1 Å². The Kier molecular flexibility index (Phi) is 8.83. The van der Waals surface area contributed by atoms with Crippen LogP contribution in [0.5, 0.6) is 11.5 Å². The Labute approximate surface area is 122 Å². The van der Waals surface area contributed by atoms with Gasteiger partial charge in [0.2, 0.25) is 0 Å². The molecule has 0 amide bonds. The molecule has 0 fully saturated rings. The molecule has 1 aromatic carbocycles. The van der Waals surface area contributed by atoms with E-state index >= 15 is 0 Å². The van der Waals surface area contributed by atoms with Crippen LogP contribution in [-0.4, -0.2) is 40.4 Å². The summed E-state index contributed by atoms with van der Waals surface area (Å²) in [5.41, 5.74) is 1.26. The van der Waals surface area contributed by atoms with Crippen molar-refractivity contribution in [2.24, 2.45) is 0 Å². The summed E-state index contributed by atoms with van der Waals surface area (Å²) < 4.78 is 10.6. The predicted molar refractivity (Wildman–Crippen MR) is 83.9 cm³/mol. The van der Waals surface area contributed by atoms with Crippen LogP contribution in [0.2, 0.25) is 0 Å². The molecular weight excluding hydrogens is 252 g/mol. The summed E-state index contributed by atoms with van der Waals surface area (Å²) in [5.74, 6) is 1.71. The highest BCUT2D eigenvalue weighted by molar-refractivity contribution is 5.38. The molecule has 1 rings (SSSR count). The minimum absolute atomic E-state index is 0.857. The van der Waals surface area contributed by atoms with Gasteiger partial charge in [0.1, 0.15) is 11.5 Å². The van der Waals surface area contributed by atoms with E-state index in [1.54, 1.807) is 14.2 Å². The molecule has 0 aliphatic rings. The average Bonchev–Trinajstić information content (AvgIpc) is 2.49. The number of benzene rings is 1. The van der Waals surface area contributed by atoms with Gasteiger partial charge in [-0.15, -0.1) is 0 Å². The van der Waals surface area contributed by atoms with Crippen LogP contribution in [0, 0.1) is 0 Å². The molecule has 4 heteroatoms. The molecule has 0 atom stereocenters. The normalized spacial score (nSPS) is 10.6. The summed E-state index contributed by atoms with van der Waals surface area (Å²) in [6, 6.07) is 6.05. The van der Waals surface area contributed by atoms with Crippen LogP contribution in [0.1, 0.15) is 25.3 Å². The molecule has 0 unspecified atom stereocenters. The molecular formula is C16H28N2O2. The Balaban J connectivity index is 2.21. The molecule has 4 nitrogen and oxygen atoms in total. The molecule has 0 aliphatic carbocycles. The number of hydrogen-bond donors (Lipinski definition) is 2. The van der Waals surface area contributed by atoms with Gasteiger partial charge in [-0.2, -0.15) is 0 Å². The van der Waals surface area contributed by atoms with E-state index in [-0.39, 0.29) is 0 Å². The van der Waals surface area contributed by atoms with E-state index in [4.69, 9.17) is 9.47 Å². The first kappa shape index (κ1) is 16.8. The molecule has 0 heterocycles. The third-order valence-electron chi connectivity index (χ3n) is 3.14. The minimum Gasteiger partial charge on any atom is -0.497 e. The highest BCUT2D eigenvalue weighted by Crippen LogP contribution is 2.23. The maximum atomic E-state index is 5.28. The van der Waals surface area contributed by atoms with Crippen molar-refractivity contribution in [2.45, 2.75) is 26.2 Å². The Morgan fingerprint density at radius 1 is 0.850 bits per heavy atom. The highest BCUT2D eigenvalue weighted by atomic mass is 16.5. The zero-order valence-electron chi connectivity index (χ0n) is 13.0. The third-order valence-corrected chi connectivity index (χ3v) is 3.14. The summed E-state index contributed by atoms with van der Waals surface area (Å²) in [7, 11) is 3.37. The fourth-order valence-electron chi connectivity index (χ4n) is 2.03. The van der Waals surface area contributed by atoms with E-state index < -0.39 is 0 Å². The lowest BCUT2D eigenvalue weighted by Crippen LogP contribution is -2.28. The average molecular weight is 280 g/mol. The topological polar surface area (TPSA) is 42.5 Å². The zero-order valence-corrected chi connectivity index (χ0v) is 13.0. The van der Waals surface area contributed by atoms with Gasteiger partial charge in [-0.1, -0.05) is 6.92 Å². The van der Waals surface area contributed by atoms with Crippen molar-refractivity contribution < 1.29 is 9.47 Å². The molecule has 20 heavy (non-hydrogen) atoms. The van der Waals surface area contributed by atoms with Crippen LogP contribution in [0.3, 0.4) is 0 Å². The van der Waals surface area contributed by atoms with Gasteiger partial charge in [-0.05, 0) is 50.0 Å². The molecule has 0 bridgehead atoms. The molecule has 0 radical (unpaired) electrons. The smallest absolute Gasteiger partial charge is 0.122 e. The van der Waals surface area contributed by atoms with Gasteiger partial charge in [-0.25, -0.2) is 0 Å². The van der Waals surface area contributed by atoms with Crippen LogP contribution in [0.25, 0.3) is 0 Å². The van der Waals surface area contributed by atoms with Crippen LogP contribution in [0.15, 0.2) is 18.2 Å². The second-order valence-corrected chi connectivity index (χ2v) is 4.82. The molecule has 1 aromatic rings. The Bertz CT molecular complexity index is 347. The van der Waals surface area contributed by atoms with Gasteiger partial charge in [0, 0.05) is 19.2 Å². The summed E-state index contributed by atoms with van der Waals surface area (Å²) in [6.07, 6.45) is 3.34. The van der Waals surface area contributed by atoms with Crippen molar-refractivity contribution >= 4 is 0 Å². The molecule has 0 saturated heterocycles. The van der Waals surface area contributed by atoms with E-state index in [1.807, 2.05) is 6.07 Å². The lowest BCUT2D eigenvalue weighted by molar-refractivity contribution is 0.393. The fourth-order valence-corrected chi connectivity index (χ4v) is 2.03. The molecule has 114 valence electrons. The number of hydrogen-bond acceptors (Lipinski definition) is 4. The van der Waals surface area contributed by atoms with E-state index in [1.165, 1.54) is 12.0 Å².